The number of phenolic OH excluding ortho intramolecular Hbond substituents is 1. The Hall–Kier alpha value is -2.56. The molecule has 0 bridgehead atoms. The van der Waals surface area contributed by atoms with Crippen molar-refractivity contribution in [1.82, 2.24) is 10.6 Å². The molecule has 2 rings (SSSR count). The van der Waals surface area contributed by atoms with Gasteiger partial charge in [-0.3, -0.25) is 9.59 Å². The summed E-state index contributed by atoms with van der Waals surface area (Å²) in [7, 11) is 1.49. The second-order valence-corrected chi connectivity index (χ2v) is 4.04. The molecule has 98 valence electrons. The second kappa shape index (κ2) is 5.39. The first-order valence-corrected chi connectivity index (χ1v) is 5.83. The van der Waals surface area contributed by atoms with Gasteiger partial charge in [-0.25, -0.2) is 0 Å². The van der Waals surface area contributed by atoms with Crippen LogP contribution < -0.4 is 10.6 Å². The van der Waals surface area contributed by atoms with Crippen LogP contribution in [0.1, 0.15) is 10.4 Å². The number of likely N-dealkylation sites (N-methyl/N-ethyl adjacent to an activating group) is 1. The number of hydrogen-bond donors (Lipinski definition) is 3. The van der Waals surface area contributed by atoms with Crippen molar-refractivity contribution in [3.8, 4) is 5.75 Å². The summed E-state index contributed by atoms with van der Waals surface area (Å²) in [5, 5.41) is 16.4. The monoisotopic (exact) mass is 258 g/mol. The fourth-order valence-corrected chi connectivity index (χ4v) is 1.78. The summed E-state index contributed by atoms with van der Waals surface area (Å²) in [6.07, 6.45) is 0. The third-order valence-electron chi connectivity index (χ3n) is 2.83. The SMILES string of the molecule is CNC(=O)CNC(=O)c1ccc2ccccc2c1O. The lowest BCUT2D eigenvalue weighted by molar-refractivity contribution is -0.119. The first-order valence-electron chi connectivity index (χ1n) is 5.83. The third-order valence-corrected chi connectivity index (χ3v) is 2.83. The van der Waals surface area contributed by atoms with Gasteiger partial charge in [0.2, 0.25) is 5.91 Å². The van der Waals surface area contributed by atoms with Gasteiger partial charge in [0.15, 0.2) is 0 Å². The molecule has 0 atom stereocenters. The molecule has 0 radical (unpaired) electrons. The Labute approximate surface area is 110 Å². The summed E-state index contributed by atoms with van der Waals surface area (Å²) in [5.74, 6) is -0.854. The Morgan fingerprint density at radius 1 is 1.16 bits per heavy atom. The van der Waals surface area contributed by atoms with Gasteiger partial charge in [-0.05, 0) is 11.5 Å². The van der Waals surface area contributed by atoms with Gasteiger partial charge in [0, 0.05) is 12.4 Å². The highest BCUT2D eigenvalue weighted by atomic mass is 16.3. The maximum Gasteiger partial charge on any atom is 0.255 e. The minimum atomic E-state index is -0.480. The number of amides is 2. The standard InChI is InChI=1S/C14H14N2O3/c1-15-12(17)8-16-14(19)11-7-6-9-4-2-3-5-10(9)13(11)18/h2-7,18H,8H2,1H3,(H,15,17)(H,16,19). The molecule has 0 aliphatic rings. The van der Waals surface area contributed by atoms with Crippen LogP contribution in [0.4, 0.5) is 0 Å². The Balaban J connectivity index is 2.27. The highest BCUT2D eigenvalue weighted by molar-refractivity contribution is 6.04. The van der Waals surface area contributed by atoms with Crippen LogP contribution in [0.15, 0.2) is 36.4 Å². The van der Waals surface area contributed by atoms with E-state index in [0.29, 0.717) is 5.39 Å². The van der Waals surface area contributed by atoms with Crippen LogP contribution in [0.2, 0.25) is 0 Å². The van der Waals surface area contributed by atoms with E-state index in [1.54, 1.807) is 18.2 Å². The molecule has 0 saturated heterocycles. The Morgan fingerprint density at radius 2 is 1.89 bits per heavy atom. The van der Waals surface area contributed by atoms with Crippen molar-refractivity contribution in [2.75, 3.05) is 13.6 Å². The molecule has 2 amide bonds. The largest absolute Gasteiger partial charge is 0.506 e. The van der Waals surface area contributed by atoms with Gasteiger partial charge >= 0.3 is 0 Å². The summed E-state index contributed by atoms with van der Waals surface area (Å²) < 4.78 is 0. The van der Waals surface area contributed by atoms with Crippen molar-refractivity contribution in [3.05, 3.63) is 42.0 Å². The lowest BCUT2D eigenvalue weighted by Crippen LogP contribution is -2.35. The molecule has 0 heterocycles. The highest BCUT2D eigenvalue weighted by Gasteiger charge is 2.14. The molecule has 0 fully saturated rings. The lowest BCUT2D eigenvalue weighted by Gasteiger charge is -2.08. The van der Waals surface area contributed by atoms with Gasteiger partial charge in [0.1, 0.15) is 5.75 Å². The van der Waals surface area contributed by atoms with E-state index in [9.17, 15) is 14.7 Å². The third kappa shape index (κ3) is 2.65. The van der Waals surface area contributed by atoms with Crippen molar-refractivity contribution in [1.29, 1.82) is 0 Å². The smallest absolute Gasteiger partial charge is 0.255 e. The van der Waals surface area contributed by atoms with Gasteiger partial charge in [-0.2, -0.15) is 0 Å². The number of phenols is 1. The topological polar surface area (TPSA) is 78.4 Å². The van der Waals surface area contributed by atoms with E-state index in [2.05, 4.69) is 10.6 Å². The van der Waals surface area contributed by atoms with Crippen LogP contribution in [0, 0.1) is 0 Å². The highest BCUT2D eigenvalue weighted by Crippen LogP contribution is 2.28. The molecular formula is C14H14N2O3. The van der Waals surface area contributed by atoms with Gasteiger partial charge in [0.05, 0.1) is 12.1 Å². The number of aromatic hydroxyl groups is 1. The predicted octanol–water partition coefficient (Wildman–Crippen LogP) is 1.02. The van der Waals surface area contributed by atoms with E-state index >= 15 is 0 Å². The van der Waals surface area contributed by atoms with Crippen molar-refractivity contribution in [2.45, 2.75) is 0 Å². The summed E-state index contributed by atoms with van der Waals surface area (Å²) in [6, 6.07) is 10.5. The molecule has 0 unspecified atom stereocenters. The molecule has 2 aromatic carbocycles. The fourth-order valence-electron chi connectivity index (χ4n) is 1.78. The van der Waals surface area contributed by atoms with Crippen molar-refractivity contribution in [3.63, 3.8) is 0 Å². The summed E-state index contributed by atoms with van der Waals surface area (Å²) in [4.78, 5) is 22.9. The van der Waals surface area contributed by atoms with Gasteiger partial charge in [-0.15, -0.1) is 0 Å². The first-order chi connectivity index (χ1) is 9.13. The fraction of sp³-hybridized carbons (Fsp3) is 0.143. The molecule has 5 heteroatoms. The van der Waals surface area contributed by atoms with Crippen molar-refractivity contribution in [2.24, 2.45) is 0 Å². The number of nitrogens with one attached hydrogen (secondary N) is 2. The normalized spacial score (nSPS) is 10.2. The van der Waals surface area contributed by atoms with E-state index in [1.807, 2.05) is 12.1 Å². The molecule has 0 aromatic heterocycles. The van der Waals surface area contributed by atoms with E-state index in [-0.39, 0.29) is 23.8 Å². The van der Waals surface area contributed by atoms with Crippen LogP contribution >= 0.6 is 0 Å². The minimum Gasteiger partial charge on any atom is -0.506 e. The number of carbonyl (C=O) groups is 2. The van der Waals surface area contributed by atoms with Crippen LogP contribution in [-0.4, -0.2) is 30.5 Å². The number of hydrogen-bond acceptors (Lipinski definition) is 3. The maximum atomic E-state index is 11.9. The molecular weight excluding hydrogens is 244 g/mol. The van der Waals surface area contributed by atoms with E-state index in [1.165, 1.54) is 13.1 Å². The molecule has 19 heavy (non-hydrogen) atoms. The van der Waals surface area contributed by atoms with E-state index < -0.39 is 5.91 Å². The summed E-state index contributed by atoms with van der Waals surface area (Å²) in [6.45, 7) is -0.123. The molecule has 5 nitrogen and oxygen atoms in total. The molecule has 0 saturated carbocycles. The molecule has 2 aromatic rings. The average molecular weight is 258 g/mol. The number of carbonyl (C=O) groups excluding carboxylic acids is 2. The van der Waals surface area contributed by atoms with Crippen LogP contribution in [0.5, 0.6) is 5.75 Å². The zero-order chi connectivity index (χ0) is 13.8. The maximum absolute atomic E-state index is 11.9. The van der Waals surface area contributed by atoms with Crippen LogP contribution in [0.3, 0.4) is 0 Å². The zero-order valence-electron chi connectivity index (χ0n) is 10.4. The molecule has 0 spiro atoms. The predicted molar refractivity (Wildman–Crippen MR) is 72.0 cm³/mol. The van der Waals surface area contributed by atoms with Gasteiger partial charge < -0.3 is 15.7 Å². The van der Waals surface area contributed by atoms with Crippen molar-refractivity contribution < 1.29 is 14.7 Å². The first kappa shape index (κ1) is 12.9. The Kier molecular flexibility index (Phi) is 3.66. The quantitative estimate of drug-likeness (QED) is 0.769. The van der Waals surface area contributed by atoms with Gasteiger partial charge in [0.25, 0.3) is 5.91 Å². The second-order valence-electron chi connectivity index (χ2n) is 4.04. The molecule has 0 aliphatic carbocycles. The number of fused-ring (bicyclic) bond motifs is 1. The van der Waals surface area contributed by atoms with Gasteiger partial charge in [-0.1, -0.05) is 30.3 Å². The zero-order valence-corrected chi connectivity index (χ0v) is 10.4. The molecule has 0 aliphatic heterocycles. The van der Waals surface area contributed by atoms with Crippen LogP contribution in [0.25, 0.3) is 10.8 Å². The minimum absolute atomic E-state index is 0.0764. The summed E-state index contributed by atoms with van der Waals surface area (Å²) >= 11 is 0. The van der Waals surface area contributed by atoms with E-state index in [4.69, 9.17) is 0 Å². The Morgan fingerprint density at radius 3 is 2.63 bits per heavy atom. The molecule has 3 N–H and O–H groups in total. The lowest BCUT2D eigenvalue weighted by atomic mass is 10.0. The average Bonchev–Trinajstić information content (AvgIpc) is 2.45. The van der Waals surface area contributed by atoms with Crippen LogP contribution in [-0.2, 0) is 4.79 Å². The Bertz CT molecular complexity index is 638. The van der Waals surface area contributed by atoms with Crippen molar-refractivity contribution >= 4 is 22.6 Å². The summed E-state index contributed by atoms with van der Waals surface area (Å²) in [5.41, 5.74) is 0.155. The number of rotatable bonds is 3. The number of benzene rings is 2. The van der Waals surface area contributed by atoms with E-state index in [0.717, 1.165) is 5.39 Å².